The minimum Gasteiger partial charge on any atom is -0.490 e. The predicted molar refractivity (Wildman–Crippen MR) is 118 cm³/mol. The van der Waals surface area contributed by atoms with E-state index in [0.717, 1.165) is 19.6 Å². The standard InChI is InChI=1S/C22H25N5O4/c1-3-25(4-2)13-14-31-21-8-6-5-7-20(21)24-22(28)17-15-23-26(16-17)18-9-11-19(12-10-18)27(29)30/h5-12,15-16H,3-4,13-14H2,1-2H3,(H,24,28). The van der Waals surface area contributed by atoms with Crippen molar-refractivity contribution < 1.29 is 14.5 Å². The van der Waals surface area contributed by atoms with Crippen molar-refractivity contribution in [2.24, 2.45) is 0 Å². The number of nitrogens with one attached hydrogen (secondary N) is 1. The molecule has 0 aliphatic carbocycles. The second kappa shape index (κ2) is 10.4. The number of nitro groups is 1. The van der Waals surface area contributed by atoms with E-state index in [1.54, 1.807) is 24.4 Å². The van der Waals surface area contributed by atoms with Crippen LogP contribution < -0.4 is 10.1 Å². The number of rotatable bonds is 10. The van der Waals surface area contributed by atoms with E-state index in [4.69, 9.17) is 4.74 Å². The summed E-state index contributed by atoms with van der Waals surface area (Å²) >= 11 is 0. The first-order valence-electron chi connectivity index (χ1n) is 10.1. The van der Waals surface area contributed by atoms with Crippen LogP contribution in [0.25, 0.3) is 5.69 Å². The number of ether oxygens (including phenoxy) is 1. The predicted octanol–water partition coefficient (Wildman–Crippen LogP) is 3.75. The second-order valence-corrected chi connectivity index (χ2v) is 6.77. The molecule has 9 nitrogen and oxygen atoms in total. The highest BCUT2D eigenvalue weighted by atomic mass is 16.6. The average molecular weight is 423 g/mol. The molecule has 0 bridgehead atoms. The molecule has 0 spiro atoms. The number of hydrogen-bond donors (Lipinski definition) is 1. The summed E-state index contributed by atoms with van der Waals surface area (Å²) in [5.74, 6) is 0.277. The van der Waals surface area contributed by atoms with Crippen LogP contribution >= 0.6 is 0 Å². The van der Waals surface area contributed by atoms with Crippen LogP contribution in [0.1, 0.15) is 24.2 Å². The van der Waals surface area contributed by atoms with Gasteiger partial charge in [0.1, 0.15) is 12.4 Å². The van der Waals surface area contributed by atoms with Gasteiger partial charge in [0.15, 0.2) is 0 Å². The molecule has 0 saturated carbocycles. The van der Waals surface area contributed by atoms with E-state index in [0.29, 0.717) is 29.3 Å². The number of carbonyl (C=O) groups excluding carboxylic acids is 1. The number of likely N-dealkylation sites (N-methyl/N-ethyl adjacent to an activating group) is 1. The highest BCUT2D eigenvalue weighted by Gasteiger charge is 2.13. The Morgan fingerprint density at radius 2 is 1.87 bits per heavy atom. The SMILES string of the molecule is CCN(CC)CCOc1ccccc1NC(=O)c1cnn(-c2ccc([N+](=O)[O-])cc2)c1. The van der Waals surface area contributed by atoms with Crippen LogP contribution in [-0.2, 0) is 0 Å². The lowest BCUT2D eigenvalue weighted by atomic mass is 10.2. The lowest BCUT2D eigenvalue weighted by molar-refractivity contribution is -0.384. The Morgan fingerprint density at radius 3 is 2.55 bits per heavy atom. The van der Waals surface area contributed by atoms with Gasteiger partial charge in [0, 0.05) is 24.9 Å². The van der Waals surface area contributed by atoms with Gasteiger partial charge in [-0.05, 0) is 37.4 Å². The number of amides is 1. The van der Waals surface area contributed by atoms with Crippen LogP contribution in [0.5, 0.6) is 5.75 Å². The van der Waals surface area contributed by atoms with E-state index in [2.05, 4.69) is 29.2 Å². The number of nitro benzene ring substituents is 1. The molecule has 162 valence electrons. The highest BCUT2D eigenvalue weighted by molar-refractivity contribution is 6.04. The normalized spacial score (nSPS) is 10.8. The molecule has 1 aromatic heterocycles. The number of para-hydroxylation sites is 2. The zero-order valence-electron chi connectivity index (χ0n) is 17.5. The monoisotopic (exact) mass is 423 g/mol. The molecule has 0 saturated heterocycles. The molecule has 1 N–H and O–H groups in total. The van der Waals surface area contributed by atoms with Gasteiger partial charge >= 0.3 is 0 Å². The zero-order valence-corrected chi connectivity index (χ0v) is 17.5. The Morgan fingerprint density at radius 1 is 1.16 bits per heavy atom. The highest BCUT2D eigenvalue weighted by Crippen LogP contribution is 2.24. The van der Waals surface area contributed by atoms with E-state index in [1.807, 2.05) is 18.2 Å². The maximum Gasteiger partial charge on any atom is 0.269 e. The molecular weight excluding hydrogens is 398 g/mol. The number of nitrogens with zero attached hydrogens (tertiary/aromatic N) is 4. The minimum atomic E-state index is -0.465. The summed E-state index contributed by atoms with van der Waals surface area (Å²) in [6, 6.07) is 13.2. The lowest BCUT2D eigenvalue weighted by Gasteiger charge is -2.19. The van der Waals surface area contributed by atoms with Crippen molar-refractivity contribution in [1.29, 1.82) is 0 Å². The quantitative estimate of drug-likeness (QED) is 0.394. The van der Waals surface area contributed by atoms with Crippen LogP contribution in [0, 0.1) is 10.1 Å². The van der Waals surface area contributed by atoms with E-state index in [9.17, 15) is 14.9 Å². The minimum absolute atomic E-state index is 0.00789. The van der Waals surface area contributed by atoms with Crippen LogP contribution in [0.2, 0.25) is 0 Å². The van der Waals surface area contributed by atoms with Crippen LogP contribution in [0.15, 0.2) is 60.9 Å². The molecule has 0 aliphatic heterocycles. The number of anilines is 1. The second-order valence-electron chi connectivity index (χ2n) is 6.77. The van der Waals surface area contributed by atoms with Gasteiger partial charge in [0.05, 0.1) is 28.1 Å². The summed E-state index contributed by atoms with van der Waals surface area (Å²) in [5.41, 5.74) is 1.54. The van der Waals surface area contributed by atoms with Crippen molar-refractivity contribution >= 4 is 17.3 Å². The van der Waals surface area contributed by atoms with Crippen molar-refractivity contribution in [3.05, 3.63) is 76.6 Å². The van der Waals surface area contributed by atoms with Gasteiger partial charge in [-0.3, -0.25) is 14.9 Å². The van der Waals surface area contributed by atoms with Gasteiger partial charge < -0.3 is 15.0 Å². The van der Waals surface area contributed by atoms with E-state index >= 15 is 0 Å². The number of benzene rings is 2. The van der Waals surface area contributed by atoms with Crippen LogP contribution in [0.4, 0.5) is 11.4 Å². The molecule has 3 rings (SSSR count). The van der Waals surface area contributed by atoms with Gasteiger partial charge in [0.25, 0.3) is 11.6 Å². The summed E-state index contributed by atoms with van der Waals surface area (Å²) in [7, 11) is 0. The fourth-order valence-corrected chi connectivity index (χ4v) is 3.02. The van der Waals surface area contributed by atoms with Gasteiger partial charge in [-0.25, -0.2) is 4.68 Å². The van der Waals surface area contributed by atoms with Crippen molar-refractivity contribution in [2.75, 3.05) is 31.6 Å². The molecule has 0 fully saturated rings. The fraction of sp³-hybridized carbons (Fsp3) is 0.273. The Kier molecular flexibility index (Phi) is 7.34. The Balaban J connectivity index is 1.66. The number of carbonyl (C=O) groups is 1. The van der Waals surface area contributed by atoms with E-state index in [-0.39, 0.29) is 11.6 Å². The van der Waals surface area contributed by atoms with E-state index < -0.39 is 4.92 Å². The maximum absolute atomic E-state index is 12.7. The number of hydrogen-bond acceptors (Lipinski definition) is 6. The fourth-order valence-electron chi connectivity index (χ4n) is 3.02. The number of aromatic nitrogens is 2. The maximum atomic E-state index is 12.7. The summed E-state index contributed by atoms with van der Waals surface area (Å²) in [6.45, 7) is 7.45. The lowest BCUT2D eigenvalue weighted by Crippen LogP contribution is -2.28. The van der Waals surface area contributed by atoms with Gasteiger partial charge in [-0.1, -0.05) is 26.0 Å². The molecule has 1 heterocycles. The molecule has 3 aromatic rings. The summed E-state index contributed by atoms with van der Waals surface area (Å²) in [6.07, 6.45) is 3.01. The topological polar surface area (TPSA) is 103 Å². The first-order chi connectivity index (χ1) is 15.0. The molecular formula is C22H25N5O4. The van der Waals surface area contributed by atoms with Crippen LogP contribution in [-0.4, -0.2) is 51.8 Å². The number of non-ortho nitro benzene ring substituents is 1. The Hall–Kier alpha value is -3.72. The molecule has 9 heteroatoms. The van der Waals surface area contributed by atoms with Gasteiger partial charge in [0.2, 0.25) is 0 Å². The van der Waals surface area contributed by atoms with Gasteiger partial charge in [-0.2, -0.15) is 5.10 Å². The molecule has 31 heavy (non-hydrogen) atoms. The van der Waals surface area contributed by atoms with Gasteiger partial charge in [-0.15, -0.1) is 0 Å². The molecule has 2 aromatic carbocycles. The summed E-state index contributed by atoms with van der Waals surface area (Å²) in [5, 5.41) is 17.8. The summed E-state index contributed by atoms with van der Waals surface area (Å²) in [4.78, 5) is 25.3. The largest absolute Gasteiger partial charge is 0.490 e. The third kappa shape index (κ3) is 5.67. The third-order valence-corrected chi connectivity index (χ3v) is 4.86. The Bertz CT molecular complexity index is 1030. The summed E-state index contributed by atoms with van der Waals surface area (Å²) < 4.78 is 7.37. The van der Waals surface area contributed by atoms with Crippen LogP contribution in [0.3, 0.4) is 0 Å². The first-order valence-corrected chi connectivity index (χ1v) is 10.1. The van der Waals surface area contributed by atoms with E-state index in [1.165, 1.54) is 23.0 Å². The molecule has 0 aliphatic rings. The average Bonchev–Trinajstić information content (AvgIpc) is 3.28. The third-order valence-electron chi connectivity index (χ3n) is 4.86. The van der Waals surface area contributed by atoms with Crippen molar-refractivity contribution in [3.63, 3.8) is 0 Å². The van der Waals surface area contributed by atoms with Crippen molar-refractivity contribution in [3.8, 4) is 11.4 Å². The molecule has 1 amide bonds. The molecule has 0 atom stereocenters. The van der Waals surface area contributed by atoms with Crippen molar-refractivity contribution in [1.82, 2.24) is 14.7 Å². The first kappa shape index (κ1) is 22.0. The Labute approximate surface area is 180 Å². The molecule has 0 unspecified atom stereocenters. The smallest absolute Gasteiger partial charge is 0.269 e. The van der Waals surface area contributed by atoms with Crippen molar-refractivity contribution in [2.45, 2.75) is 13.8 Å². The molecule has 0 radical (unpaired) electrons. The zero-order chi connectivity index (χ0) is 22.2.